The Morgan fingerprint density at radius 2 is 2.29 bits per heavy atom. The van der Waals surface area contributed by atoms with Crippen LogP contribution in [0.3, 0.4) is 0 Å². The Morgan fingerprint density at radius 1 is 1.43 bits per heavy atom. The number of fused-ring (bicyclic) bond motifs is 1. The predicted octanol–water partition coefficient (Wildman–Crippen LogP) is 4.28. The standard InChI is InChI=1S/C16H17BClN2S/c1-3-5-12-10(2)16-15(17-12)13(8-14(18)20-16)19-9-11-6-4-7-21-11/h4,6-8H,3,5,9H2,1-2H3,(H,19,20). The molecular weight excluding hydrogens is 299 g/mol. The molecule has 107 valence electrons. The minimum absolute atomic E-state index is 0.549. The molecule has 0 aromatic carbocycles. The number of aromatic nitrogens is 1. The van der Waals surface area contributed by atoms with Crippen LogP contribution < -0.4 is 10.8 Å². The zero-order valence-electron chi connectivity index (χ0n) is 12.2. The van der Waals surface area contributed by atoms with Gasteiger partial charge in [0.1, 0.15) is 5.15 Å². The molecule has 0 atom stereocenters. The highest BCUT2D eigenvalue weighted by Crippen LogP contribution is 2.28. The maximum Gasteiger partial charge on any atom is 0.192 e. The average Bonchev–Trinajstić information content (AvgIpc) is 3.07. The monoisotopic (exact) mass is 315 g/mol. The van der Waals surface area contributed by atoms with Crippen molar-refractivity contribution in [2.24, 2.45) is 0 Å². The van der Waals surface area contributed by atoms with E-state index in [-0.39, 0.29) is 0 Å². The number of rotatable bonds is 5. The lowest BCUT2D eigenvalue weighted by atomic mass is 9.65. The molecule has 3 rings (SSSR count). The number of anilines is 1. The third-order valence-corrected chi connectivity index (χ3v) is 4.81. The number of hydrogen-bond acceptors (Lipinski definition) is 3. The van der Waals surface area contributed by atoms with E-state index in [2.05, 4.69) is 48.9 Å². The van der Waals surface area contributed by atoms with Crippen LogP contribution in [0.5, 0.6) is 0 Å². The van der Waals surface area contributed by atoms with Gasteiger partial charge in [0.05, 0.1) is 5.69 Å². The van der Waals surface area contributed by atoms with Gasteiger partial charge in [0.15, 0.2) is 7.28 Å². The molecule has 0 bridgehead atoms. The van der Waals surface area contributed by atoms with Crippen LogP contribution in [0.4, 0.5) is 5.69 Å². The Kier molecular flexibility index (Phi) is 4.36. The van der Waals surface area contributed by atoms with Crippen LogP contribution in [-0.4, -0.2) is 12.3 Å². The van der Waals surface area contributed by atoms with Crippen molar-refractivity contribution < 1.29 is 0 Å². The Labute approximate surface area is 135 Å². The smallest absolute Gasteiger partial charge is 0.192 e. The second-order valence-corrected chi connectivity index (χ2v) is 6.65. The molecule has 0 unspecified atom stereocenters. The zero-order valence-corrected chi connectivity index (χ0v) is 13.8. The lowest BCUT2D eigenvalue weighted by Gasteiger charge is -2.12. The summed E-state index contributed by atoms with van der Waals surface area (Å²) in [5.41, 5.74) is 5.91. The topological polar surface area (TPSA) is 24.9 Å². The van der Waals surface area contributed by atoms with Crippen LogP contribution in [-0.2, 0) is 6.54 Å². The van der Waals surface area contributed by atoms with Crippen LogP contribution in [0.1, 0.15) is 37.3 Å². The Hall–Kier alpha value is -1.26. The number of allylic oxidation sites excluding steroid dienone is 2. The maximum atomic E-state index is 6.19. The average molecular weight is 316 g/mol. The fourth-order valence-corrected chi connectivity index (χ4v) is 3.50. The van der Waals surface area contributed by atoms with Crippen molar-refractivity contribution in [3.63, 3.8) is 0 Å². The van der Waals surface area contributed by atoms with Gasteiger partial charge in [-0.2, -0.15) is 0 Å². The van der Waals surface area contributed by atoms with Gasteiger partial charge >= 0.3 is 0 Å². The number of halogens is 1. The number of nitrogens with zero attached hydrogens (tertiary/aromatic N) is 1. The summed E-state index contributed by atoms with van der Waals surface area (Å²) in [4.78, 5) is 5.82. The van der Waals surface area contributed by atoms with E-state index in [1.807, 2.05) is 6.07 Å². The van der Waals surface area contributed by atoms with E-state index in [1.54, 1.807) is 11.3 Å². The van der Waals surface area contributed by atoms with E-state index < -0.39 is 0 Å². The summed E-state index contributed by atoms with van der Waals surface area (Å²) in [6.07, 6.45) is 2.23. The maximum absolute atomic E-state index is 6.19. The second kappa shape index (κ2) is 6.24. The molecule has 0 saturated heterocycles. The molecule has 1 aliphatic heterocycles. The first-order valence-corrected chi connectivity index (χ1v) is 8.46. The van der Waals surface area contributed by atoms with Gasteiger partial charge < -0.3 is 5.32 Å². The third kappa shape index (κ3) is 3.02. The summed E-state index contributed by atoms with van der Waals surface area (Å²) >= 11 is 7.95. The fourth-order valence-electron chi connectivity index (χ4n) is 2.66. The van der Waals surface area contributed by atoms with Crippen molar-refractivity contribution in [1.29, 1.82) is 0 Å². The molecule has 0 aliphatic carbocycles. The summed E-state index contributed by atoms with van der Waals surface area (Å²) in [7, 11) is 2.26. The van der Waals surface area contributed by atoms with Gasteiger partial charge in [0, 0.05) is 17.1 Å². The number of hydrogen-bond donors (Lipinski definition) is 1. The highest BCUT2D eigenvalue weighted by atomic mass is 35.5. The lowest BCUT2D eigenvalue weighted by Crippen LogP contribution is -2.21. The van der Waals surface area contributed by atoms with E-state index in [1.165, 1.54) is 21.4 Å². The van der Waals surface area contributed by atoms with Crippen LogP contribution in [0.25, 0.3) is 5.57 Å². The van der Waals surface area contributed by atoms with E-state index in [0.717, 1.165) is 30.8 Å². The minimum Gasteiger partial charge on any atom is -0.380 e. The first-order chi connectivity index (χ1) is 10.2. The molecule has 0 amide bonds. The van der Waals surface area contributed by atoms with Gasteiger partial charge in [-0.15, -0.1) is 11.3 Å². The third-order valence-electron chi connectivity index (χ3n) is 3.74. The van der Waals surface area contributed by atoms with Gasteiger partial charge in [0.2, 0.25) is 0 Å². The molecule has 2 aromatic rings. The molecular formula is C16H17BClN2S. The van der Waals surface area contributed by atoms with E-state index >= 15 is 0 Å². The molecule has 2 nitrogen and oxygen atoms in total. The molecule has 1 radical (unpaired) electrons. The molecule has 21 heavy (non-hydrogen) atoms. The molecule has 1 aliphatic rings. The Bertz CT molecular complexity index is 680. The van der Waals surface area contributed by atoms with Crippen LogP contribution >= 0.6 is 22.9 Å². The minimum atomic E-state index is 0.549. The largest absolute Gasteiger partial charge is 0.380 e. The summed E-state index contributed by atoms with van der Waals surface area (Å²) < 4.78 is 0. The number of thiophene rings is 1. The molecule has 1 N–H and O–H groups in total. The molecule has 0 spiro atoms. The SMILES string of the molecule is CCCC1=C(C)c2nc(Cl)cc(NCc3cccs3)c2[B]1. The highest BCUT2D eigenvalue weighted by Gasteiger charge is 2.24. The van der Waals surface area contributed by atoms with Gasteiger partial charge in [0.25, 0.3) is 0 Å². The van der Waals surface area contributed by atoms with E-state index in [0.29, 0.717) is 5.15 Å². The molecule has 2 aromatic heterocycles. The fraction of sp³-hybridized carbons (Fsp3) is 0.312. The van der Waals surface area contributed by atoms with Crippen molar-refractivity contribution >= 4 is 46.9 Å². The summed E-state index contributed by atoms with van der Waals surface area (Å²) in [6, 6.07) is 6.13. The number of pyridine rings is 1. The summed E-state index contributed by atoms with van der Waals surface area (Å²) in [5, 5.41) is 6.14. The Balaban J connectivity index is 1.87. The first kappa shape index (κ1) is 14.7. The van der Waals surface area contributed by atoms with Crippen LogP contribution in [0, 0.1) is 0 Å². The van der Waals surface area contributed by atoms with Crippen LogP contribution in [0.2, 0.25) is 5.15 Å². The van der Waals surface area contributed by atoms with E-state index in [9.17, 15) is 0 Å². The lowest BCUT2D eigenvalue weighted by molar-refractivity contribution is 0.945. The van der Waals surface area contributed by atoms with Crippen molar-refractivity contribution in [1.82, 2.24) is 4.98 Å². The zero-order chi connectivity index (χ0) is 14.8. The first-order valence-electron chi connectivity index (χ1n) is 7.20. The number of nitrogens with one attached hydrogen (secondary N) is 1. The molecule has 5 heteroatoms. The van der Waals surface area contributed by atoms with Crippen LogP contribution in [0.15, 0.2) is 29.1 Å². The highest BCUT2D eigenvalue weighted by molar-refractivity contribution is 7.09. The van der Waals surface area contributed by atoms with Crippen molar-refractivity contribution in [3.05, 3.63) is 44.8 Å². The summed E-state index contributed by atoms with van der Waals surface area (Å²) in [6.45, 7) is 5.16. The molecule has 0 saturated carbocycles. The van der Waals surface area contributed by atoms with Gasteiger partial charge in [-0.1, -0.05) is 36.5 Å². The normalized spacial score (nSPS) is 13.3. The van der Waals surface area contributed by atoms with Crippen molar-refractivity contribution in [3.8, 4) is 0 Å². The predicted molar refractivity (Wildman–Crippen MR) is 93.8 cm³/mol. The van der Waals surface area contributed by atoms with Crippen molar-refractivity contribution in [2.45, 2.75) is 33.2 Å². The summed E-state index contributed by atoms with van der Waals surface area (Å²) in [5.74, 6) is 0. The van der Waals surface area contributed by atoms with Crippen molar-refractivity contribution in [2.75, 3.05) is 5.32 Å². The molecule has 0 fully saturated rings. The second-order valence-electron chi connectivity index (χ2n) is 5.23. The molecule has 3 heterocycles. The Morgan fingerprint density at radius 3 is 3.00 bits per heavy atom. The quantitative estimate of drug-likeness (QED) is 0.658. The van der Waals surface area contributed by atoms with Gasteiger partial charge in [-0.3, -0.25) is 0 Å². The van der Waals surface area contributed by atoms with E-state index in [4.69, 9.17) is 11.6 Å². The van der Waals surface area contributed by atoms with Gasteiger partial charge in [-0.25, -0.2) is 4.98 Å². The van der Waals surface area contributed by atoms with Gasteiger partial charge in [-0.05, 0) is 41.9 Å².